The van der Waals surface area contributed by atoms with Crippen LogP contribution in [0.5, 0.6) is 0 Å². The van der Waals surface area contributed by atoms with Gasteiger partial charge in [-0.3, -0.25) is 0 Å². The number of halogens is 3. The van der Waals surface area contributed by atoms with E-state index in [4.69, 9.17) is 23.2 Å². The highest BCUT2D eigenvalue weighted by atomic mass is 35.5. The molecule has 0 fully saturated rings. The monoisotopic (exact) mass is 258 g/mol. The van der Waals surface area contributed by atoms with Gasteiger partial charge in [0.1, 0.15) is 5.82 Å². The smallest absolute Gasteiger partial charge is 0.145 e. The van der Waals surface area contributed by atoms with Crippen LogP contribution in [0, 0.1) is 5.82 Å². The van der Waals surface area contributed by atoms with Gasteiger partial charge in [0, 0.05) is 0 Å². The lowest BCUT2D eigenvalue weighted by atomic mass is 9.94. The Morgan fingerprint density at radius 2 is 2.19 bits per heavy atom. The number of hydrogen-bond donors (Lipinski definition) is 0. The number of rotatable bonds is 2. The molecule has 1 atom stereocenters. The highest BCUT2D eigenvalue weighted by Crippen LogP contribution is 2.26. The van der Waals surface area contributed by atoms with Gasteiger partial charge in [0.15, 0.2) is 0 Å². The first-order valence-corrected chi connectivity index (χ1v) is 6.25. The molecule has 0 aromatic heterocycles. The van der Waals surface area contributed by atoms with Crippen LogP contribution in [0.4, 0.5) is 4.39 Å². The van der Waals surface area contributed by atoms with Crippen molar-refractivity contribution in [2.75, 3.05) is 0 Å². The summed E-state index contributed by atoms with van der Waals surface area (Å²) in [6.07, 6.45) is 5.78. The Bertz CT molecular complexity index is 412. The van der Waals surface area contributed by atoms with E-state index in [1.165, 1.54) is 5.57 Å². The van der Waals surface area contributed by atoms with Crippen molar-refractivity contribution in [3.05, 3.63) is 46.3 Å². The van der Waals surface area contributed by atoms with Crippen molar-refractivity contribution in [3.63, 3.8) is 0 Å². The Labute approximate surface area is 105 Å². The van der Waals surface area contributed by atoms with Gasteiger partial charge in [-0.2, -0.15) is 0 Å². The van der Waals surface area contributed by atoms with E-state index in [-0.39, 0.29) is 16.2 Å². The highest BCUT2D eigenvalue weighted by Gasteiger charge is 2.13. The Morgan fingerprint density at radius 1 is 1.38 bits per heavy atom. The molecule has 0 bridgehead atoms. The van der Waals surface area contributed by atoms with Crippen LogP contribution in [-0.2, 0) is 6.42 Å². The maximum atomic E-state index is 13.7. The van der Waals surface area contributed by atoms with Crippen molar-refractivity contribution in [2.24, 2.45) is 0 Å². The van der Waals surface area contributed by atoms with Crippen molar-refractivity contribution in [3.8, 4) is 0 Å². The maximum absolute atomic E-state index is 13.7. The molecule has 0 radical (unpaired) electrons. The zero-order valence-electron chi connectivity index (χ0n) is 8.85. The number of benzene rings is 1. The molecule has 0 spiro atoms. The van der Waals surface area contributed by atoms with Crippen LogP contribution in [0.1, 0.15) is 24.8 Å². The number of hydrogen-bond acceptors (Lipinski definition) is 0. The molecule has 2 rings (SSSR count). The van der Waals surface area contributed by atoms with Gasteiger partial charge in [-0.1, -0.05) is 35.4 Å². The van der Waals surface area contributed by atoms with E-state index < -0.39 is 0 Å². The lowest BCUT2D eigenvalue weighted by Gasteiger charge is -2.16. The van der Waals surface area contributed by atoms with Crippen molar-refractivity contribution in [2.45, 2.75) is 31.1 Å². The summed E-state index contributed by atoms with van der Waals surface area (Å²) in [5, 5.41) is 0.294. The van der Waals surface area contributed by atoms with Crippen LogP contribution in [0.15, 0.2) is 29.8 Å². The first kappa shape index (κ1) is 11.9. The first-order valence-electron chi connectivity index (χ1n) is 5.43. The third-order valence-electron chi connectivity index (χ3n) is 2.84. The summed E-state index contributed by atoms with van der Waals surface area (Å²) in [5.74, 6) is -0.304. The Hall–Kier alpha value is -0.530. The minimum atomic E-state index is -0.304. The van der Waals surface area contributed by atoms with E-state index in [2.05, 4.69) is 0 Å². The number of allylic oxidation sites excluding steroid dienone is 2. The van der Waals surface area contributed by atoms with Crippen molar-refractivity contribution < 1.29 is 4.39 Å². The van der Waals surface area contributed by atoms with Gasteiger partial charge >= 0.3 is 0 Å². The Morgan fingerprint density at radius 3 is 2.94 bits per heavy atom. The van der Waals surface area contributed by atoms with Crippen molar-refractivity contribution >= 4 is 23.2 Å². The molecule has 3 heteroatoms. The van der Waals surface area contributed by atoms with Crippen LogP contribution in [-0.4, -0.2) is 5.38 Å². The average Bonchev–Trinajstić information content (AvgIpc) is 2.25. The first-order chi connectivity index (χ1) is 7.66. The summed E-state index contributed by atoms with van der Waals surface area (Å²) in [6.45, 7) is 0. The summed E-state index contributed by atoms with van der Waals surface area (Å²) < 4.78 is 13.7. The zero-order chi connectivity index (χ0) is 11.5. The van der Waals surface area contributed by atoms with Gasteiger partial charge < -0.3 is 0 Å². The zero-order valence-corrected chi connectivity index (χ0v) is 10.4. The van der Waals surface area contributed by atoms with Gasteiger partial charge in [0.25, 0.3) is 0 Å². The fourth-order valence-electron chi connectivity index (χ4n) is 2.02. The molecular weight excluding hydrogens is 246 g/mol. The normalized spacial score (nSPS) is 20.7. The fourth-order valence-corrected chi connectivity index (χ4v) is 2.55. The maximum Gasteiger partial charge on any atom is 0.145 e. The van der Waals surface area contributed by atoms with E-state index in [0.29, 0.717) is 12.0 Å². The molecule has 1 unspecified atom stereocenters. The molecule has 1 aliphatic rings. The summed E-state index contributed by atoms with van der Waals surface area (Å²) in [4.78, 5) is 0. The molecule has 0 amide bonds. The van der Waals surface area contributed by atoms with Crippen LogP contribution in [0.3, 0.4) is 0 Å². The molecule has 86 valence electrons. The standard InChI is InChI=1S/C13H13Cl2F/c14-11-5-1-3-9(8-11)7-10-4-2-6-12(15)13(10)16/h2,4,6,8,11H,1,3,5,7H2. The second-order valence-corrected chi connectivity index (χ2v) is 5.09. The number of alkyl halides is 1. The van der Waals surface area contributed by atoms with Gasteiger partial charge in [0.2, 0.25) is 0 Å². The van der Waals surface area contributed by atoms with Crippen LogP contribution < -0.4 is 0 Å². The van der Waals surface area contributed by atoms with E-state index >= 15 is 0 Å². The molecule has 1 aromatic carbocycles. The molecule has 0 heterocycles. The van der Waals surface area contributed by atoms with Gasteiger partial charge in [0.05, 0.1) is 10.4 Å². The molecule has 1 aliphatic carbocycles. The van der Waals surface area contributed by atoms with E-state index in [1.807, 2.05) is 6.08 Å². The predicted molar refractivity (Wildman–Crippen MR) is 66.7 cm³/mol. The summed E-state index contributed by atoms with van der Waals surface area (Å²) in [7, 11) is 0. The Balaban J connectivity index is 2.17. The van der Waals surface area contributed by atoms with Crippen LogP contribution in [0.2, 0.25) is 5.02 Å². The molecule has 0 aliphatic heterocycles. The average molecular weight is 259 g/mol. The van der Waals surface area contributed by atoms with Crippen molar-refractivity contribution in [1.29, 1.82) is 0 Å². The van der Waals surface area contributed by atoms with Crippen molar-refractivity contribution in [1.82, 2.24) is 0 Å². The third kappa shape index (κ3) is 2.78. The van der Waals surface area contributed by atoms with Crippen LogP contribution >= 0.6 is 23.2 Å². The van der Waals surface area contributed by atoms with Crippen LogP contribution in [0.25, 0.3) is 0 Å². The summed E-state index contributed by atoms with van der Waals surface area (Å²) in [6, 6.07) is 5.13. The van der Waals surface area contributed by atoms with E-state index in [1.54, 1.807) is 18.2 Å². The predicted octanol–water partition coefficient (Wildman–Crippen LogP) is 4.74. The van der Waals surface area contributed by atoms with Gasteiger partial charge in [-0.15, -0.1) is 11.6 Å². The Kier molecular flexibility index (Phi) is 3.88. The summed E-state index contributed by atoms with van der Waals surface area (Å²) >= 11 is 11.8. The lowest BCUT2D eigenvalue weighted by molar-refractivity contribution is 0.608. The minimum Gasteiger partial charge on any atom is -0.205 e. The molecular formula is C13H13Cl2F. The largest absolute Gasteiger partial charge is 0.205 e. The van der Waals surface area contributed by atoms with E-state index in [0.717, 1.165) is 19.3 Å². The summed E-state index contributed by atoms with van der Waals surface area (Å²) in [5.41, 5.74) is 1.87. The lowest BCUT2D eigenvalue weighted by Crippen LogP contribution is -2.06. The molecule has 1 aromatic rings. The molecule has 0 N–H and O–H groups in total. The quantitative estimate of drug-likeness (QED) is 0.531. The second kappa shape index (κ2) is 5.20. The SMILES string of the molecule is Fc1c(Cl)cccc1CC1=CC(Cl)CCC1. The second-order valence-electron chi connectivity index (χ2n) is 4.12. The molecule has 0 nitrogen and oxygen atoms in total. The molecule has 16 heavy (non-hydrogen) atoms. The van der Waals surface area contributed by atoms with E-state index in [9.17, 15) is 4.39 Å². The fraction of sp³-hybridized carbons (Fsp3) is 0.385. The highest BCUT2D eigenvalue weighted by molar-refractivity contribution is 6.30. The minimum absolute atomic E-state index is 0.103. The third-order valence-corrected chi connectivity index (χ3v) is 3.48. The van der Waals surface area contributed by atoms with Gasteiger partial charge in [-0.25, -0.2) is 4.39 Å². The topological polar surface area (TPSA) is 0 Å². The molecule has 0 saturated heterocycles. The molecule has 0 saturated carbocycles. The van der Waals surface area contributed by atoms with Gasteiger partial charge in [-0.05, 0) is 37.3 Å².